The Morgan fingerprint density at radius 3 is 2.44 bits per heavy atom. The van der Waals surface area contributed by atoms with Crippen molar-refractivity contribution in [3.8, 4) is 0 Å². The number of hydrogen-bond acceptors (Lipinski definition) is 5. The SMILES string of the molecule is CNCCCNC(=O)Cc1ccc(NS(=O)(=O)c2cccs2)cc1.Cl. The first-order chi connectivity index (χ1) is 11.5. The van der Waals surface area contributed by atoms with Crippen LogP contribution in [0.3, 0.4) is 0 Å². The Hall–Kier alpha value is -1.61. The summed E-state index contributed by atoms with van der Waals surface area (Å²) in [7, 11) is -1.67. The van der Waals surface area contributed by atoms with Gasteiger partial charge in [-0.25, -0.2) is 8.42 Å². The van der Waals surface area contributed by atoms with Crippen molar-refractivity contribution in [2.24, 2.45) is 0 Å². The van der Waals surface area contributed by atoms with Crippen LogP contribution < -0.4 is 15.4 Å². The largest absolute Gasteiger partial charge is 0.356 e. The molecule has 9 heteroatoms. The van der Waals surface area contributed by atoms with E-state index in [0.29, 0.717) is 12.2 Å². The molecule has 2 rings (SSSR count). The summed E-state index contributed by atoms with van der Waals surface area (Å²) in [6.45, 7) is 1.50. The van der Waals surface area contributed by atoms with E-state index < -0.39 is 10.0 Å². The third-order valence-corrected chi connectivity index (χ3v) is 6.04. The highest BCUT2D eigenvalue weighted by Gasteiger charge is 2.15. The van der Waals surface area contributed by atoms with E-state index >= 15 is 0 Å². The fraction of sp³-hybridized carbons (Fsp3) is 0.312. The minimum atomic E-state index is -3.54. The summed E-state index contributed by atoms with van der Waals surface area (Å²) >= 11 is 1.16. The fourth-order valence-electron chi connectivity index (χ4n) is 2.05. The van der Waals surface area contributed by atoms with Crippen LogP contribution >= 0.6 is 23.7 Å². The number of nitrogens with one attached hydrogen (secondary N) is 3. The first-order valence-electron chi connectivity index (χ1n) is 7.58. The molecule has 0 atom stereocenters. The molecule has 1 heterocycles. The molecule has 3 N–H and O–H groups in total. The van der Waals surface area contributed by atoms with Gasteiger partial charge in [-0.1, -0.05) is 18.2 Å². The molecule has 1 amide bonds. The molecule has 0 saturated heterocycles. The van der Waals surface area contributed by atoms with Gasteiger partial charge in [0.1, 0.15) is 4.21 Å². The van der Waals surface area contributed by atoms with E-state index in [1.807, 2.05) is 7.05 Å². The average Bonchev–Trinajstić information content (AvgIpc) is 3.09. The van der Waals surface area contributed by atoms with E-state index in [-0.39, 0.29) is 28.9 Å². The monoisotopic (exact) mass is 403 g/mol. The van der Waals surface area contributed by atoms with Crippen LogP contribution in [0.2, 0.25) is 0 Å². The number of anilines is 1. The van der Waals surface area contributed by atoms with E-state index in [0.717, 1.165) is 29.9 Å². The van der Waals surface area contributed by atoms with Gasteiger partial charge in [0.15, 0.2) is 0 Å². The van der Waals surface area contributed by atoms with Gasteiger partial charge in [-0.2, -0.15) is 0 Å². The molecule has 0 aliphatic rings. The van der Waals surface area contributed by atoms with Crippen LogP contribution in [0, 0.1) is 0 Å². The summed E-state index contributed by atoms with van der Waals surface area (Å²) in [5.74, 6) is -0.0435. The molecule has 0 aliphatic carbocycles. The summed E-state index contributed by atoms with van der Waals surface area (Å²) in [4.78, 5) is 11.8. The number of halogens is 1. The topological polar surface area (TPSA) is 87.3 Å². The Kier molecular flexibility index (Phi) is 8.91. The molecule has 0 radical (unpaired) electrons. The molecule has 2 aromatic rings. The van der Waals surface area contributed by atoms with Crippen molar-refractivity contribution in [3.05, 3.63) is 47.3 Å². The van der Waals surface area contributed by atoms with Crippen molar-refractivity contribution in [2.75, 3.05) is 24.9 Å². The summed E-state index contributed by atoms with van der Waals surface area (Å²) in [6.07, 6.45) is 1.16. The van der Waals surface area contributed by atoms with E-state index in [4.69, 9.17) is 0 Å². The van der Waals surface area contributed by atoms with Gasteiger partial charge in [0, 0.05) is 12.2 Å². The Balaban J connectivity index is 0.00000312. The quantitative estimate of drug-likeness (QED) is 0.560. The Labute approximate surface area is 158 Å². The molecule has 0 unspecified atom stereocenters. The third kappa shape index (κ3) is 7.03. The van der Waals surface area contributed by atoms with E-state index in [1.165, 1.54) is 0 Å². The minimum Gasteiger partial charge on any atom is -0.356 e. The van der Waals surface area contributed by atoms with Gasteiger partial charge in [-0.3, -0.25) is 9.52 Å². The molecule has 0 spiro atoms. The zero-order valence-corrected chi connectivity index (χ0v) is 16.3. The number of amides is 1. The summed E-state index contributed by atoms with van der Waals surface area (Å²) in [5, 5.41) is 7.58. The van der Waals surface area contributed by atoms with Crippen molar-refractivity contribution in [1.29, 1.82) is 0 Å². The molecule has 0 fully saturated rings. The van der Waals surface area contributed by atoms with Crippen LogP contribution in [0.5, 0.6) is 0 Å². The van der Waals surface area contributed by atoms with E-state index in [1.54, 1.807) is 41.8 Å². The van der Waals surface area contributed by atoms with Crippen molar-refractivity contribution < 1.29 is 13.2 Å². The molecule has 0 aliphatic heterocycles. The lowest BCUT2D eigenvalue weighted by Gasteiger charge is -2.08. The summed E-state index contributed by atoms with van der Waals surface area (Å²) < 4.78 is 27.0. The van der Waals surface area contributed by atoms with Gasteiger partial charge >= 0.3 is 0 Å². The first kappa shape index (κ1) is 21.4. The maximum atomic E-state index is 12.1. The van der Waals surface area contributed by atoms with Crippen LogP contribution in [-0.2, 0) is 21.2 Å². The molecule has 138 valence electrons. The number of benzene rings is 1. The van der Waals surface area contributed by atoms with Gasteiger partial charge < -0.3 is 10.6 Å². The highest BCUT2D eigenvalue weighted by molar-refractivity contribution is 7.94. The zero-order chi connectivity index (χ0) is 17.4. The van der Waals surface area contributed by atoms with Crippen LogP contribution in [-0.4, -0.2) is 34.5 Å². The fourth-order valence-corrected chi connectivity index (χ4v) is 4.10. The molecule has 6 nitrogen and oxygen atoms in total. The van der Waals surface area contributed by atoms with Crippen molar-refractivity contribution in [2.45, 2.75) is 17.1 Å². The third-order valence-electron chi connectivity index (χ3n) is 3.26. The lowest BCUT2D eigenvalue weighted by molar-refractivity contribution is -0.120. The summed E-state index contributed by atoms with van der Waals surface area (Å²) in [6, 6.07) is 10.1. The molecule has 1 aromatic heterocycles. The number of rotatable bonds is 9. The van der Waals surface area contributed by atoms with Gasteiger partial charge in [0.05, 0.1) is 6.42 Å². The first-order valence-corrected chi connectivity index (χ1v) is 9.94. The molecule has 0 bridgehead atoms. The number of carbonyl (C=O) groups excluding carboxylic acids is 1. The lowest BCUT2D eigenvalue weighted by atomic mass is 10.1. The number of thiophene rings is 1. The van der Waals surface area contributed by atoms with Crippen molar-refractivity contribution in [1.82, 2.24) is 10.6 Å². The van der Waals surface area contributed by atoms with Gasteiger partial charge in [-0.15, -0.1) is 23.7 Å². The maximum absolute atomic E-state index is 12.1. The van der Waals surface area contributed by atoms with Gasteiger partial charge in [0.25, 0.3) is 10.0 Å². The van der Waals surface area contributed by atoms with Gasteiger partial charge in [0.2, 0.25) is 5.91 Å². The van der Waals surface area contributed by atoms with Crippen molar-refractivity contribution in [3.63, 3.8) is 0 Å². The Morgan fingerprint density at radius 1 is 1.12 bits per heavy atom. The van der Waals surface area contributed by atoms with Crippen molar-refractivity contribution >= 4 is 45.4 Å². The summed E-state index contributed by atoms with van der Waals surface area (Å²) in [5.41, 5.74) is 1.31. The lowest BCUT2D eigenvalue weighted by Crippen LogP contribution is -2.27. The van der Waals surface area contributed by atoms with Gasteiger partial charge in [-0.05, 0) is 49.2 Å². The molecular weight excluding hydrogens is 382 g/mol. The van der Waals surface area contributed by atoms with E-state index in [2.05, 4.69) is 15.4 Å². The Morgan fingerprint density at radius 2 is 1.84 bits per heavy atom. The van der Waals surface area contributed by atoms with Crippen LogP contribution in [0.4, 0.5) is 5.69 Å². The minimum absolute atomic E-state index is 0. The molecular formula is C16H22ClN3O3S2. The highest BCUT2D eigenvalue weighted by Crippen LogP contribution is 2.20. The molecule has 0 saturated carbocycles. The standard InChI is InChI=1S/C16H21N3O3S2.ClH/c1-17-9-3-10-18-15(20)12-13-5-7-14(8-6-13)19-24(21,22)16-4-2-11-23-16;/h2,4-8,11,17,19H,3,9-10,12H2,1H3,(H,18,20);1H. The predicted octanol–water partition coefficient (Wildman–Crippen LogP) is 2.24. The zero-order valence-electron chi connectivity index (χ0n) is 13.8. The second-order valence-electron chi connectivity index (χ2n) is 5.22. The normalized spacial score (nSPS) is 10.8. The van der Waals surface area contributed by atoms with E-state index in [9.17, 15) is 13.2 Å². The smallest absolute Gasteiger partial charge is 0.271 e. The molecule has 25 heavy (non-hydrogen) atoms. The number of hydrogen-bond donors (Lipinski definition) is 3. The second kappa shape index (κ2) is 10.4. The van der Waals surface area contributed by atoms with Crippen LogP contribution in [0.25, 0.3) is 0 Å². The maximum Gasteiger partial charge on any atom is 0.271 e. The molecule has 1 aromatic carbocycles. The second-order valence-corrected chi connectivity index (χ2v) is 8.08. The highest BCUT2D eigenvalue weighted by atomic mass is 35.5. The average molecular weight is 404 g/mol. The Bertz CT molecular complexity index is 747. The predicted molar refractivity (Wildman–Crippen MR) is 104 cm³/mol. The number of carbonyl (C=O) groups is 1. The van der Waals surface area contributed by atoms with Crippen LogP contribution in [0.15, 0.2) is 46.0 Å². The number of sulfonamides is 1. The van der Waals surface area contributed by atoms with Crippen LogP contribution in [0.1, 0.15) is 12.0 Å².